The van der Waals surface area contributed by atoms with Crippen LogP contribution in [-0.4, -0.2) is 72.2 Å². The Morgan fingerprint density at radius 2 is 1.64 bits per heavy atom. The maximum absolute atomic E-state index is 13.7. The highest BCUT2D eigenvalue weighted by atomic mass is 32.2. The Morgan fingerprint density at radius 1 is 0.979 bits per heavy atom. The molecule has 1 amide bonds. The molecule has 21 heteroatoms. The van der Waals surface area contributed by atoms with Crippen molar-refractivity contribution in [1.82, 2.24) is 24.6 Å². The third-order valence-electron chi connectivity index (χ3n) is 6.58. The molecule has 4 aromatic rings. The molecular weight excluding hydrogens is 692 g/mol. The number of piperazine rings is 1. The van der Waals surface area contributed by atoms with E-state index in [1.54, 1.807) is 0 Å². The van der Waals surface area contributed by atoms with Crippen molar-refractivity contribution in [3.05, 3.63) is 66.1 Å². The Morgan fingerprint density at radius 3 is 2.26 bits per heavy atom. The van der Waals surface area contributed by atoms with Crippen LogP contribution >= 0.6 is 11.3 Å². The molecule has 0 saturated carbocycles. The monoisotopic (exact) mass is 712 g/mol. The summed E-state index contributed by atoms with van der Waals surface area (Å²) < 4.78 is 138. The number of alkyl halides is 8. The van der Waals surface area contributed by atoms with Crippen LogP contribution < -0.4 is 19.7 Å². The molecule has 2 aromatic heterocycles. The van der Waals surface area contributed by atoms with Gasteiger partial charge in [0.25, 0.3) is 0 Å². The number of carbonyl (C=O) groups excluding carboxylic acids is 1. The zero-order valence-corrected chi connectivity index (χ0v) is 24.9. The summed E-state index contributed by atoms with van der Waals surface area (Å²) in [6.45, 7) is -3.97. The first kappa shape index (κ1) is 34.0. The summed E-state index contributed by atoms with van der Waals surface area (Å²) in [5.74, 6) is -3.03. The van der Waals surface area contributed by atoms with Crippen molar-refractivity contribution >= 4 is 42.7 Å². The maximum Gasteiger partial charge on any atom is 0.573 e. The number of nitrogens with one attached hydrogen (secondary N) is 1. The quantitative estimate of drug-likeness (QED) is 0.244. The maximum atomic E-state index is 13.7. The van der Waals surface area contributed by atoms with Crippen LogP contribution in [-0.2, 0) is 27.5 Å². The number of halogens is 8. The number of aromatic nitrogens is 3. The second kappa shape index (κ2) is 13.0. The highest BCUT2D eigenvalue weighted by Crippen LogP contribution is 2.33. The lowest BCUT2D eigenvalue weighted by Gasteiger charge is -2.39. The van der Waals surface area contributed by atoms with Crippen LogP contribution in [0.15, 0.2) is 59.6 Å². The molecule has 0 radical (unpaired) electrons. The molecule has 11 nitrogen and oxygen atoms in total. The largest absolute Gasteiger partial charge is 0.573 e. The zero-order valence-electron chi connectivity index (χ0n) is 23.3. The number of nitrogens with zero attached hydrogens (tertiary/aromatic N) is 5. The fourth-order valence-electron chi connectivity index (χ4n) is 4.48. The van der Waals surface area contributed by atoms with Gasteiger partial charge in [0.2, 0.25) is 21.8 Å². The first-order valence-corrected chi connectivity index (χ1v) is 15.4. The van der Waals surface area contributed by atoms with Crippen molar-refractivity contribution in [2.45, 2.75) is 36.6 Å². The van der Waals surface area contributed by atoms with Gasteiger partial charge < -0.3 is 19.7 Å². The van der Waals surface area contributed by atoms with Crippen molar-refractivity contribution in [2.75, 3.05) is 24.5 Å². The van der Waals surface area contributed by atoms with Crippen LogP contribution in [0, 0.1) is 0 Å². The zero-order chi connectivity index (χ0) is 34.1. The number of sulfonamides is 1. The van der Waals surface area contributed by atoms with Crippen LogP contribution in [0.1, 0.15) is 11.4 Å². The number of thiazole rings is 1. The smallest absolute Gasteiger partial charge is 0.435 e. The minimum atomic E-state index is -5.02. The lowest BCUT2D eigenvalue weighted by Crippen LogP contribution is -2.60. The lowest BCUT2D eigenvalue weighted by molar-refractivity contribution is -0.274. The van der Waals surface area contributed by atoms with Gasteiger partial charge in [0, 0.05) is 26.2 Å². The molecule has 1 saturated heterocycles. The van der Waals surface area contributed by atoms with Crippen molar-refractivity contribution in [1.29, 1.82) is 0 Å². The molecule has 2 aromatic carbocycles. The van der Waals surface area contributed by atoms with Crippen LogP contribution in [0.25, 0.3) is 10.3 Å². The molecule has 1 aliphatic rings. The van der Waals surface area contributed by atoms with E-state index in [-0.39, 0.29) is 47.4 Å². The second-order valence-electron chi connectivity index (χ2n) is 9.71. The fraction of sp³-hybridized carbons (Fsp3) is 0.308. The summed E-state index contributed by atoms with van der Waals surface area (Å²) in [5, 5.41) is 2.70. The molecule has 0 bridgehead atoms. The van der Waals surface area contributed by atoms with E-state index in [0.29, 0.717) is 5.56 Å². The summed E-state index contributed by atoms with van der Waals surface area (Å²) in [5.41, 5.74) is 0.177. The molecule has 0 aliphatic carbocycles. The third kappa shape index (κ3) is 8.14. The minimum Gasteiger partial charge on any atom is -0.435 e. The van der Waals surface area contributed by atoms with Gasteiger partial charge in [0.1, 0.15) is 17.5 Å². The molecule has 0 unspecified atom stereocenters. The van der Waals surface area contributed by atoms with Gasteiger partial charge in [-0.15, -0.1) is 13.2 Å². The van der Waals surface area contributed by atoms with E-state index in [0.717, 1.165) is 46.1 Å². The number of hydrogen-bond acceptors (Lipinski definition) is 10. The van der Waals surface area contributed by atoms with E-state index in [1.807, 2.05) is 0 Å². The van der Waals surface area contributed by atoms with E-state index >= 15 is 0 Å². The predicted octanol–water partition coefficient (Wildman–Crippen LogP) is 4.80. The van der Waals surface area contributed by atoms with Gasteiger partial charge in [-0.2, -0.15) is 31.2 Å². The fourth-order valence-corrected chi connectivity index (χ4v) is 6.97. The number of hydrogen-bond donors (Lipinski definition) is 1. The van der Waals surface area contributed by atoms with E-state index < -0.39 is 57.6 Å². The second-order valence-corrected chi connectivity index (χ2v) is 12.6. The number of benzene rings is 2. The van der Waals surface area contributed by atoms with Gasteiger partial charge >= 0.3 is 19.2 Å². The number of ether oxygens (including phenoxy) is 2. The summed E-state index contributed by atoms with van der Waals surface area (Å²) in [6.07, 6.45) is -8.90. The van der Waals surface area contributed by atoms with E-state index in [9.17, 15) is 48.3 Å². The molecular formula is C26H20F8N6O5S2. The van der Waals surface area contributed by atoms with Crippen LogP contribution in [0.3, 0.4) is 0 Å². The van der Waals surface area contributed by atoms with Crippen molar-refractivity contribution < 1.29 is 57.8 Å². The summed E-state index contributed by atoms with van der Waals surface area (Å²) in [6, 6.07) is 7.14. The molecule has 3 heterocycles. The van der Waals surface area contributed by atoms with E-state index in [4.69, 9.17) is 0 Å². The molecule has 252 valence electrons. The van der Waals surface area contributed by atoms with Gasteiger partial charge in [0.05, 0.1) is 15.8 Å². The molecule has 47 heavy (non-hydrogen) atoms. The molecule has 1 atom stereocenters. The SMILES string of the molecule is O=C(NCc1ccc(OC(F)F)cc1)[C@H]1CN(c2nc3nc(C(F)(F)F)ncc3s2)CCN1S(=O)(=O)c1ccc(OC(F)(F)F)cc1. The van der Waals surface area contributed by atoms with Crippen molar-refractivity contribution in [3.8, 4) is 11.5 Å². The third-order valence-corrected chi connectivity index (χ3v) is 9.54. The molecule has 1 aliphatic heterocycles. The number of amides is 1. The molecule has 1 N–H and O–H groups in total. The Kier molecular flexibility index (Phi) is 9.42. The first-order chi connectivity index (χ1) is 22.0. The lowest BCUT2D eigenvalue weighted by atomic mass is 10.1. The Labute approximate surface area is 263 Å². The summed E-state index contributed by atoms with van der Waals surface area (Å²) >= 11 is 0.915. The average Bonchev–Trinajstić information content (AvgIpc) is 3.43. The van der Waals surface area contributed by atoms with Gasteiger partial charge in [-0.1, -0.05) is 23.5 Å². The highest BCUT2D eigenvalue weighted by Gasteiger charge is 2.41. The molecule has 1 fully saturated rings. The number of fused-ring (bicyclic) bond motifs is 1. The van der Waals surface area contributed by atoms with Crippen molar-refractivity contribution in [3.63, 3.8) is 0 Å². The van der Waals surface area contributed by atoms with E-state index in [1.165, 1.54) is 29.2 Å². The Balaban J connectivity index is 1.40. The number of rotatable bonds is 9. The topological polar surface area (TPSA) is 127 Å². The Hall–Kier alpha value is -4.37. The highest BCUT2D eigenvalue weighted by molar-refractivity contribution is 7.89. The molecule has 5 rings (SSSR count). The Bertz CT molecular complexity index is 1840. The van der Waals surface area contributed by atoms with Crippen LogP contribution in [0.4, 0.5) is 40.3 Å². The number of anilines is 1. The first-order valence-electron chi connectivity index (χ1n) is 13.1. The van der Waals surface area contributed by atoms with Gasteiger partial charge in [0.15, 0.2) is 10.8 Å². The summed E-state index contributed by atoms with van der Waals surface area (Å²) in [4.78, 5) is 25.4. The normalized spacial score (nSPS) is 16.4. The molecule has 0 spiro atoms. The van der Waals surface area contributed by atoms with E-state index in [2.05, 4.69) is 29.7 Å². The number of carbonyl (C=O) groups is 1. The van der Waals surface area contributed by atoms with Gasteiger partial charge in [-0.05, 0) is 42.0 Å². The van der Waals surface area contributed by atoms with Crippen LogP contribution in [0.5, 0.6) is 11.5 Å². The van der Waals surface area contributed by atoms with Crippen LogP contribution in [0.2, 0.25) is 0 Å². The average molecular weight is 713 g/mol. The minimum absolute atomic E-state index is 0.0801. The van der Waals surface area contributed by atoms with Gasteiger partial charge in [-0.3, -0.25) is 4.79 Å². The van der Waals surface area contributed by atoms with Crippen molar-refractivity contribution in [2.24, 2.45) is 0 Å². The summed E-state index contributed by atoms with van der Waals surface area (Å²) in [7, 11) is -4.51. The van der Waals surface area contributed by atoms with Gasteiger partial charge in [-0.25, -0.2) is 18.4 Å². The standard InChI is InChI=1S/C26H20F8N6O5S2/c27-23(28)44-15-3-1-14(2-4-15)11-35-21(41)18-13-39(24-38-20-19(46-24)12-36-22(37-20)25(29,30)31)9-10-40(18)47(42,43)17-7-5-16(6-8-17)45-26(32,33)34/h1-8,12,18,23H,9-11,13H2,(H,35,41)/t18-/m1/s1. The predicted molar refractivity (Wildman–Crippen MR) is 148 cm³/mol.